The molecule has 106 valence electrons. The Labute approximate surface area is 118 Å². The molecule has 0 aliphatic heterocycles. The molecule has 1 aliphatic carbocycles. The molecule has 0 bridgehead atoms. The Balaban J connectivity index is 1.98. The zero-order valence-corrected chi connectivity index (χ0v) is 12.2. The summed E-state index contributed by atoms with van der Waals surface area (Å²) < 4.78 is 3.40. The van der Waals surface area contributed by atoms with Gasteiger partial charge in [0.25, 0.3) is 5.56 Å². The highest BCUT2D eigenvalue weighted by molar-refractivity contribution is 5.55. The fourth-order valence-electron chi connectivity index (χ4n) is 3.00. The van der Waals surface area contributed by atoms with E-state index in [2.05, 4.69) is 24.0 Å². The van der Waals surface area contributed by atoms with E-state index >= 15 is 0 Å². The third-order valence-electron chi connectivity index (χ3n) is 4.11. The molecule has 5 nitrogen and oxygen atoms in total. The van der Waals surface area contributed by atoms with E-state index in [9.17, 15) is 4.79 Å². The van der Waals surface area contributed by atoms with Crippen LogP contribution in [0.3, 0.4) is 0 Å². The summed E-state index contributed by atoms with van der Waals surface area (Å²) in [5, 5.41) is 8.71. The number of hydrogen-bond donors (Lipinski definition) is 0. The van der Waals surface area contributed by atoms with Gasteiger partial charge in [0.05, 0.1) is 17.9 Å². The number of aromatic nitrogens is 4. The van der Waals surface area contributed by atoms with Gasteiger partial charge in [-0.2, -0.15) is 10.2 Å². The van der Waals surface area contributed by atoms with Crippen molar-refractivity contribution in [1.29, 1.82) is 0 Å². The van der Waals surface area contributed by atoms with Crippen LogP contribution >= 0.6 is 0 Å². The van der Waals surface area contributed by atoms with Gasteiger partial charge >= 0.3 is 0 Å². The van der Waals surface area contributed by atoms with Crippen molar-refractivity contribution in [3.05, 3.63) is 34.9 Å². The molecule has 2 aromatic heterocycles. The van der Waals surface area contributed by atoms with E-state index in [1.165, 1.54) is 0 Å². The number of aryl methyl sites for hydroxylation is 1. The molecule has 2 heterocycles. The molecule has 3 rings (SSSR count). The molecule has 0 spiro atoms. The third kappa shape index (κ3) is 2.40. The fraction of sp³-hybridized carbons (Fsp3) is 0.533. The van der Waals surface area contributed by atoms with Gasteiger partial charge in [-0.1, -0.05) is 13.8 Å². The topological polar surface area (TPSA) is 52.7 Å². The van der Waals surface area contributed by atoms with Crippen LogP contribution in [0, 0.1) is 5.41 Å². The van der Waals surface area contributed by atoms with Crippen LogP contribution < -0.4 is 5.56 Å². The first kappa shape index (κ1) is 13.1. The van der Waals surface area contributed by atoms with Gasteiger partial charge < -0.3 is 0 Å². The summed E-state index contributed by atoms with van der Waals surface area (Å²) in [6.45, 7) is 4.51. The van der Waals surface area contributed by atoms with Gasteiger partial charge in [-0.25, -0.2) is 4.68 Å². The first-order valence-electron chi connectivity index (χ1n) is 7.03. The van der Waals surface area contributed by atoms with Crippen LogP contribution in [-0.2, 0) is 7.05 Å². The monoisotopic (exact) mass is 272 g/mol. The maximum absolute atomic E-state index is 12.1. The van der Waals surface area contributed by atoms with Crippen LogP contribution in [0.15, 0.2) is 29.3 Å². The summed E-state index contributed by atoms with van der Waals surface area (Å²) in [6.07, 6.45) is 6.86. The van der Waals surface area contributed by atoms with E-state index < -0.39 is 0 Å². The highest BCUT2D eigenvalue weighted by Crippen LogP contribution is 2.42. The SMILES string of the molecule is Cn1cc(-c2ccc(=O)n(C3CCC(C)(C)C3)n2)cn1. The zero-order chi connectivity index (χ0) is 14.3. The van der Waals surface area contributed by atoms with Gasteiger partial charge in [0.15, 0.2) is 0 Å². The predicted molar refractivity (Wildman–Crippen MR) is 77.4 cm³/mol. The lowest BCUT2D eigenvalue weighted by Crippen LogP contribution is -2.26. The molecular weight excluding hydrogens is 252 g/mol. The van der Waals surface area contributed by atoms with E-state index in [1.54, 1.807) is 27.7 Å². The average Bonchev–Trinajstić information content (AvgIpc) is 2.96. The molecule has 1 atom stereocenters. The van der Waals surface area contributed by atoms with E-state index in [1.807, 2.05) is 13.2 Å². The Morgan fingerprint density at radius 2 is 2.15 bits per heavy atom. The molecule has 20 heavy (non-hydrogen) atoms. The Hall–Kier alpha value is -1.91. The molecule has 1 saturated carbocycles. The number of nitrogens with zero attached hydrogens (tertiary/aromatic N) is 4. The lowest BCUT2D eigenvalue weighted by atomic mass is 9.92. The van der Waals surface area contributed by atoms with Gasteiger partial charge in [-0.05, 0) is 30.7 Å². The molecule has 1 unspecified atom stereocenters. The second-order valence-electron chi connectivity index (χ2n) is 6.46. The van der Waals surface area contributed by atoms with Crippen molar-refractivity contribution >= 4 is 0 Å². The van der Waals surface area contributed by atoms with Crippen LogP contribution in [0.5, 0.6) is 0 Å². The summed E-state index contributed by atoms with van der Waals surface area (Å²) in [5.41, 5.74) is 2.04. The van der Waals surface area contributed by atoms with Gasteiger partial charge in [0.2, 0.25) is 0 Å². The minimum absolute atomic E-state index is 0.0136. The van der Waals surface area contributed by atoms with Gasteiger partial charge in [0.1, 0.15) is 0 Å². The molecular formula is C15H20N4O. The number of rotatable bonds is 2. The Morgan fingerprint density at radius 1 is 1.35 bits per heavy atom. The summed E-state index contributed by atoms with van der Waals surface area (Å²) in [6, 6.07) is 3.60. The van der Waals surface area contributed by atoms with E-state index in [0.717, 1.165) is 30.5 Å². The first-order valence-corrected chi connectivity index (χ1v) is 7.03. The number of hydrogen-bond acceptors (Lipinski definition) is 3. The minimum Gasteiger partial charge on any atom is -0.275 e. The third-order valence-corrected chi connectivity index (χ3v) is 4.11. The summed E-state index contributed by atoms with van der Waals surface area (Å²) in [7, 11) is 1.87. The van der Waals surface area contributed by atoms with Crippen LogP contribution in [-0.4, -0.2) is 19.6 Å². The quantitative estimate of drug-likeness (QED) is 0.843. The second kappa shape index (κ2) is 4.58. The van der Waals surface area contributed by atoms with E-state index in [-0.39, 0.29) is 11.6 Å². The van der Waals surface area contributed by atoms with Crippen molar-refractivity contribution in [1.82, 2.24) is 19.6 Å². The summed E-state index contributed by atoms with van der Waals surface area (Å²) in [5.74, 6) is 0. The van der Waals surface area contributed by atoms with E-state index in [4.69, 9.17) is 0 Å². The minimum atomic E-state index is -0.0136. The summed E-state index contributed by atoms with van der Waals surface area (Å²) >= 11 is 0. The molecule has 2 aromatic rings. The Morgan fingerprint density at radius 3 is 2.75 bits per heavy atom. The lowest BCUT2D eigenvalue weighted by Gasteiger charge is -2.18. The highest BCUT2D eigenvalue weighted by atomic mass is 16.1. The largest absolute Gasteiger partial charge is 0.275 e. The van der Waals surface area contributed by atoms with Gasteiger partial charge in [0, 0.05) is 24.9 Å². The Bertz CT molecular complexity index is 683. The van der Waals surface area contributed by atoms with Crippen molar-refractivity contribution in [3.63, 3.8) is 0 Å². The van der Waals surface area contributed by atoms with Crippen molar-refractivity contribution in [3.8, 4) is 11.3 Å². The van der Waals surface area contributed by atoms with Crippen molar-refractivity contribution in [2.45, 2.75) is 39.2 Å². The lowest BCUT2D eigenvalue weighted by molar-refractivity contribution is 0.345. The average molecular weight is 272 g/mol. The van der Waals surface area contributed by atoms with Crippen molar-refractivity contribution in [2.75, 3.05) is 0 Å². The zero-order valence-electron chi connectivity index (χ0n) is 12.2. The second-order valence-corrected chi connectivity index (χ2v) is 6.46. The van der Waals surface area contributed by atoms with Crippen LogP contribution in [0.1, 0.15) is 39.2 Å². The highest BCUT2D eigenvalue weighted by Gasteiger charge is 2.33. The molecule has 0 saturated heterocycles. The van der Waals surface area contributed by atoms with Gasteiger partial charge in [-0.3, -0.25) is 9.48 Å². The molecule has 1 fully saturated rings. The van der Waals surface area contributed by atoms with Crippen molar-refractivity contribution < 1.29 is 0 Å². The summed E-state index contributed by atoms with van der Waals surface area (Å²) in [4.78, 5) is 12.1. The van der Waals surface area contributed by atoms with Crippen LogP contribution in [0.4, 0.5) is 0 Å². The predicted octanol–water partition coefficient (Wildman–Crippen LogP) is 2.40. The van der Waals surface area contributed by atoms with Crippen LogP contribution in [0.25, 0.3) is 11.3 Å². The maximum Gasteiger partial charge on any atom is 0.267 e. The molecule has 0 N–H and O–H groups in total. The smallest absolute Gasteiger partial charge is 0.267 e. The Kier molecular flexibility index (Phi) is 3.00. The molecule has 0 radical (unpaired) electrons. The fourth-order valence-corrected chi connectivity index (χ4v) is 3.00. The molecule has 0 amide bonds. The molecule has 5 heteroatoms. The standard InChI is InChI=1S/C15H20N4O/c1-15(2)7-6-12(8-15)19-14(20)5-4-13(17-19)11-9-16-18(3)10-11/h4-5,9-10,12H,6-8H2,1-3H3. The van der Waals surface area contributed by atoms with Crippen LogP contribution in [0.2, 0.25) is 0 Å². The maximum atomic E-state index is 12.1. The van der Waals surface area contributed by atoms with Gasteiger partial charge in [-0.15, -0.1) is 0 Å². The first-order chi connectivity index (χ1) is 9.44. The van der Waals surface area contributed by atoms with E-state index in [0.29, 0.717) is 5.41 Å². The normalized spacial score (nSPS) is 21.2. The van der Waals surface area contributed by atoms with Crippen molar-refractivity contribution in [2.24, 2.45) is 12.5 Å². The molecule has 1 aliphatic rings. The molecule has 0 aromatic carbocycles.